The zero-order chi connectivity index (χ0) is 22.2. The highest BCUT2D eigenvalue weighted by Crippen LogP contribution is 2.35. The van der Waals surface area contributed by atoms with Crippen molar-refractivity contribution in [3.05, 3.63) is 76.9 Å². The van der Waals surface area contributed by atoms with Gasteiger partial charge in [0.25, 0.3) is 5.91 Å². The average molecular weight is 447 g/mol. The molecular weight excluding hydrogens is 423 g/mol. The summed E-state index contributed by atoms with van der Waals surface area (Å²) in [6.45, 7) is 4.62. The second kappa shape index (κ2) is 8.24. The summed E-state index contributed by atoms with van der Waals surface area (Å²) in [6.07, 6.45) is 0. The number of halogens is 1. The minimum atomic E-state index is -0.248. The summed E-state index contributed by atoms with van der Waals surface area (Å²) in [6, 6.07) is 18.6. The van der Waals surface area contributed by atoms with Crippen LogP contribution in [-0.4, -0.2) is 42.0 Å². The Hall–Kier alpha value is -3.45. The molecule has 3 heterocycles. The van der Waals surface area contributed by atoms with Crippen molar-refractivity contribution < 1.29 is 9.18 Å². The van der Waals surface area contributed by atoms with Crippen LogP contribution in [0.2, 0.25) is 0 Å². The van der Waals surface area contributed by atoms with Gasteiger partial charge in [-0.25, -0.2) is 9.37 Å². The number of anilines is 2. The first-order chi connectivity index (χ1) is 15.5. The van der Waals surface area contributed by atoms with Crippen molar-refractivity contribution in [3.8, 4) is 11.3 Å². The Labute approximate surface area is 189 Å². The first-order valence-electron chi connectivity index (χ1n) is 10.6. The Morgan fingerprint density at radius 3 is 2.34 bits per heavy atom. The molecule has 2 aromatic heterocycles. The summed E-state index contributed by atoms with van der Waals surface area (Å²) in [5, 5.41) is 0.819. The van der Waals surface area contributed by atoms with Crippen molar-refractivity contribution in [1.29, 1.82) is 0 Å². The number of pyridine rings is 1. The number of nitrogens with zero attached hydrogens (tertiary/aromatic N) is 3. The predicted octanol–water partition coefficient (Wildman–Crippen LogP) is 4.96. The van der Waals surface area contributed by atoms with Gasteiger partial charge in [-0.3, -0.25) is 4.79 Å². The fourth-order valence-corrected chi connectivity index (χ4v) is 5.07. The monoisotopic (exact) mass is 446 g/mol. The van der Waals surface area contributed by atoms with Crippen LogP contribution in [0.1, 0.15) is 15.2 Å². The number of fused-ring (bicyclic) bond motifs is 1. The SMILES string of the molecule is Cc1ccc(-c2ccc3c(N)c(C(=O)N4CCN(c5ccc(F)cc5)CC4)sc3n2)cc1. The summed E-state index contributed by atoms with van der Waals surface area (Å²) in [5.74, 6) is -0.303. The standard InChI is InChI=1S/C25H23FN4OS/c1-16-2-4-17(5-3-16)21-11-10-20-22(27)23(32-24(20)28-21)25(31)30-14-12-29(13-15-30)19-8-6-18(26)7-9-19/h2-11H,12-15,27H2,1H3. The highest BCUT2D eigenvalue weighted by Gasteiger charge is 2.26. The molecule has 1 saturated heterocycles. The summed E-state index contributed by atoms with van der Waals surface area (Å²) in [4.78, 5) is 23.3. The molecule has 2 aromatic carbocycles. The molecule has 0 spiro atoms. The number of rotatable bonds is 3. The lowest BCUT2D eigenvalue weighted by Crippen LogP contribution is -2.48. The number of hydrogen-bond acceptors (Lipinski definition) is 5. The zero-order valence-corrected chi connectivity index (χ0v) is 18.5. The molecule has 0 aliphatic carbocycles. The van der Waals surface area contributed by atoms with E-state index >= 15 is 0 Å². The van der Waals surface area contributed by atoms with Gasteiger partial charge in [0.05, 0.1) is 11.4 Å². The molecule has 7 heteroatoms. The average Bonchev–Trinajstić information content (AvgIpc) is 3.15. The van der Waals surface area contributed by atoms with Crippen molar-refractivity contribution in [3.63, 3.8) is 0 Å². The highest BCUT2D eigenvalue weighted by atomic mass is 32.1. The van der Waals surface area contributed by atoms with Gasteiger partial charge in [-0.2, -0.15) is 0 Å². The van der Waals surface area contributed by atoms with E-state index in [-0.39, 0.29) is 11.7 Å². The van der Waals surface area contributed by atoms with E-state index in [9.17, 15) is 9.18 Å². The lowest BCUT2D eigenvalue weighted by Gasteiger charge is -2.36. The number of nitrogen functional groups attached to an aromatic ring is 1. The van der Waals surface area contributed by atoms with Crippen molar-refractivity contribution in [2.75, 3.05) is 36.8 Å². The Kier molecular flexibility index (Phi) is 5.27. The van der Waals surface area contributed by atoms with Crippen molar-refractivity contribution >= 4 is 38.8 Å². The van der Waals surface area contributed by atoms with E-state index in [0.717, 1.165) is 27.2 Å². The quantitative estimate of drug-likeness (QED) is 0.483. The number of piperazine rings is 1. The Morgan fingerprint density at radius 1 is 0.969 bits per heavy atom. The van der Waals surface area contributed by atoms with E-state index in [1.54, 1.807) is 12.1 Å². The van der Waals surface area contributed by atoms with Gasteiger partial charge in [-0.15, -0.1) is 11.3 Å². The maximum absolute atomic E-state index is 13.2. The van der Waals surface area contributed by atoms with Crippen molar-refractivity contribution in [2.24, 2.45) is 0 Å². The fourth-order valence-electron chi connectivity index (χ4n) is 4.00. The largest absolute Gasteiger partial charge is 0.397 e. The molecule has 32 heavy (non-hydrogen) atoms. The molecule has 0 unspecified atom stereocenters. The first-order valence-corrected chi connectivity index (χ1v) is 11.4. The first kappa shape index (κ1) is 20.5. The molecular formula is C25H23FN4OS. The highest BCUT2D eigenvalue weighted by molar-refractivity contribution is 7.21. The third kappa shape index (κ3) is 3.80. The van der Waals surface area contributed by atoms with Crippen LogP contribution in [0.25, 0.3) is 21.5 Å². The topological polar surface area (TPSA) is 62.5 Å². The maximum Gasteiger partial charge on any atom is 0.266 e. The molecule has 0 atom stereocenters. The van der Waals surface area contributed by atoms with Crippen LogP contribution in [0, 0.1) is 12.7 Å². The van der Waals surface area contributed by atoms with Gasteiger partial charge in [-0.1, -0.05) is 29.8 Å². The molecule has 1 aliphatic heterocycles. The van der Waals surface area contributed by atoms with Crippen LogP contribution < -0.4 is 10.6 Å². The normalized spacial score (nSPS) is 14.2. The van der Waals surface area contributed by atoms with E-state index in [1.165, 1.54) is 29.0 Å². The number of aryl methyl sites for hydroxylation is 1. The van der Waals surface area contributed by atoms with E-state index in [4.69, 9.17) is 10.7 Å². The molecule has 0 saturated carbocycles. The number of thiophene rings is 1. The van der Waals surface area contributed by atoms with Gasteiger partial charge in [0, 0.05) is 42.8 Å². The maximum atomic E-state index is 13.2. The molecule has 5 rings (SSSR count). The lowest BCUT2D eigenvalue weighted by molar-refractivity contribution is 0.0752. The van der Waals surface area contributed by atoms with Gasteiger partial charge >= 0.3 is 0 Å². The molecule has 0 bridgehead atoms. The summed E-state index contributed by atoms with van der Waals surface area (Å²) < 4.78 is 13.2. The van der Waals surface area contributed by atoms with E-state index in [0.29, 0.717) is 36.7 Å². The molecule has 1 fully saturated rings. The molecule has 1 amide bonds. The van der Waals surface area contributed by atoms with Crippen LogP contribution in [-0.2, 0) is 0 Å². The van der Waals surface area contributed by atoms with Crippen LogP contribution >= 0.6 is 11.3 Å². The van der Waals surface area contributed by atoms with Gasteiger partial charge in [0.2, 0.25) is 0 Å². The minimum Gasteiger partial charge on any atom is -0.397 e. The van der Waals surface area contributed by atoms with Crippen molar-refractivity contribution in [2.45, 2.75) is 6.92 Å². The van der Waals surface area contributed by atoms with Gasteiger partial charge in [0.1, 0.15) is 15.5 Å². The number of nitrogens with two attached hydrogens (primary N) is 1. The van der Waals surface area contributed by atoms with Crippen LogP contribution in [0.3, 0.4) is 0 Å². The third-order valence-corrected chi connectivity index (χ3v) is 7.00. The molecule has 162 valence electrons. The van der Waals surface area contributed by atoms with E-state index in [2.05, 4.69) is 24.0 Å². The second-order valence-corrected chi connectivity index (χ2v) is 9.01. The Bertz CT molecular complexity index is 1280. The number of carbonyl (C=O) groups is 1. The van der Waals surface area contributed by atoms with E-state index in [1.807, 2.05) is 29.2 Å². The molecule has 5 nitrogen and oxygen atoms in total. The van der Waals surface area contributed by atoms with Gasteiger partial charge in [0.15, 0.2) is 0 Å². The molecule has 1 aliphatic rings. The van der Waals surface area contributed by atoms with Crippen LogP contribution in [0.4, 0.5) is 15.8 Å². The lowest BCUT2D eigenvalue weighted by atomic mass is 10.1. The third-order valence-electron chi connectivity index (χ3n) is 5.89. The summed E-state index contributed by atoms with van der Waals surface area (Å²) >= 11 is 1.35. The number of amides is 1. The summed E-state index contributed by atoms with van der Waals surface area (Å²) in [7, 11) is 0. The number of aromatic nitrogens is 1. The number of benzene rings is 2. The molecule has 0 radical (unpaired) electrons. The zero-order valence-electron chi connectivity index (χ0n) is 17.7. The van der Waals surface area contributed by atoms with Crippen LogP contribution in [0.5, 0.6) is 0 Å². The minimum absolute atomic E-state index is 0.0545. The Balaban J connectivity index is 1.35. The fraction of sp³-hybridized carbons (Fsp3) is 0.200. The second-order valence-electron chi connectivity index (χ2n) is 8.02. The predicted molar refractivity (Wildman–Crippen MR) is 129 cm³/mol. The van der Waals surface area contributed by atoms with Crippen LogP contribution in [0.15, 0.2) is 60.7 Å². The van der Waals surface area contributed by atoms with Crippen molar-refractivity contribution in [1.82, 2.24) is 9.88 Å². The summed E-state index contributed by atoms with van der Waals surface area (Å²) in [5.41, 5.74) is 10.9. The Morgan fingerprint density at radius 2 is 1.66 bits per heavy atom. The molecule has 4 aromatic rings. The van der Waals surface area contributed by atoms with E-state index < -0.39 is 0 Å². The number of carbonyl (C=O) groups excluding carboxylic acids is 1. The van der Waals surface area contributed by atoms with Gasteiger partial charge in [-0.05, 0) is 43.3 Å². The number of hydrogen-bond donors (Lipinski definition) is 1. The smallest absolute Gasteiger partial charge is 0.266 e. The molecule has 2 N–H and O–H groups in total. The van der Waals surface area contributed by atoms with Gasteiger partial charge < -0.3 is 15.5 Å².